The molecule has 0 aliphatic carbocycles. The number of amides is 1. The van der Waals surface area contributed by atoms with Crippen molar-refractivity contribution in [2.75, 3.05) is 19.0 Å². The lowest BCUT2D eigenvalue weighted by atomic mass is 10.1. The molecule has 1 N–H and O–H groups in total. The van der Waals surface area contributed by atoms with E-state index in [-0.39, 0.29) is 11.9 Å². The summed E-state index contributed by atoms with van der Waals surface area (Å²) in [5.74, 6) is 2.44. The van der Waals surface area contributed by atoms with Crippen LogP contribution >= 0.6 is 0 Å². The molecule has 0 fully saturated rings. The fourth-order valence-electron chi connectivity index (χ4n) is 1.45. The molecular weight excluding hydrogens is 212 g/mol. The van der Waals surface area contributed by atoms with Gasteiger partial charge in [0.1, 0.15) is 0 Å². The summed E-state index contributed by atoms with van der Waals surface area (Å²) in [6.07, 6.45) is 5.73. The van der Waals surface area contributed by atoms with Crippen molar-refractivity contribution < 1.29 is 4.79 Å². The molecule has 1 aromatic rings. The molecule has 90 valence electrons. The molecule has 0 radical (unpaired) electrons. The van der Waals surface area contributed by atoms with E-state index in [4.69, 9.17) is 6.42 Å². The zero-order chi connectivity index (χ0) is 12.8. The highest BCUT2D eigenvalue weighted by Gasteiger charge is 2.08. The maximum Gasteiger partial charge on any atom is 0.251 e. The third-order valence-corrected chi connectivity index (χ3v) is 2.45. The van der Waals surface area contributed by atoms with Crippen LogP contribution in [0.2, 0.25) is 0 Å². The van der Waals surface area contributed by atoms with Crippen molar-refractivity contribution in [1.29, 1.82) is 0 Å². The molecule has 0 aromatic heterocycles. The van der Waals surface area contributed by atoms with Crippen molar-refractivity contribution >= 4 is 11.6 Å². The van der Waals surface area contributed by atoms with E-state index in [0.29, 0.717) is 12.0 Å². The SMILES string of the molecule is C#CCC(C)NC(=O)c1ccc(N(C)C)cc1. The van der Waals surface area contributed by atoms with Crippen molar-refractivity contribution in [2.24, 2.45) is 0 Å². The fraction of sp³-hybridized carbons (Fsp3) is 0.357. The van der Waals surface area contributed by atoms with E-state index < -0.39 is 0 Å². The van der Waals surface area contributed by atoms with Crippen molar-refractivity contribution in [2.45, 2.75) is 19.4 Å². The summed E-state index contributed by atoms with van der Waals surface area (Å²) in [5, 5.41) is 2.85. The first-order valence-corrected chi connectivity index (χ1v) is 5.56. The van der Waals surface area contributed by atoms with Crippen LogP contribution in [-0.4, -0.2) is 26.0 Å². The molecule has 3 nitrogen and oxygen atoms in total. The Balaban J connectivity index is 2.67. The Kier molecular flexibility index (Phi) is 4.59. The van der Waals surface area contributed by atoms with Crippen LogP contribution in [0.1, 0.15) is 23.7 Å². The highest BCUT2D eigenvalue weighted by molar-refractivity contribution is 5.94. The monoisotopic (exact) mass is 230 g/mol. The van der Waals surface area contributed by atoms with E-state index in [9.17, 15) is 4.79 Å². The molecule has 1 amide bonds. The Bertz CT molecular complexity index is 415. The summed E-state index contributed by atoms with van der Waals surface area (Å²) in [4.78, 5) is 13.8. The molecule has 1 rings (SSSR count). The number of anilines is 1. The summed E-state index contributed by atoms with van der Waals surface area (Å²) < 4.78 is 0. The van der Waals surface area contributed by atoms with Crippen LogP contribution in [0.25, 0.3) is 0 Å². The van der Waals surface area contributed by atoms with Crippen LogP contribution in [-0.2, 0) is 0 Å². The van der Waals surface area contributed by atoms with Gasteiger partial charge in [0, 0.05) is 37.8 Å². The molecule has 0 aliphatic rings. The summed E-state index contributed by atoms with van der Waals surface area (Å²) in [6, 6.07) is 7.46. The number of hydrogen-bond donors (Lipinski definition) is 1. The second-order valence-corrected chi connectivity index (χ2v) is 4.22. The summed E-state index contributed by atoms with van der Waals surface area (Å²) in [5.41, 5.74) is 1.72. The lowest BCUT2D eigenvalue weighted by molar-refractivity contribution is 0.0941. The highest BCUT2D eigenvalue weighted by Crippen LogP contribution is 2.12. The number of rotatable bonds is 4. The number of nitrogens with one attached hydrogen (secondary N) is 1. The number of hydrogen-bond acceptors (Lipinski definition) is 2. The normalized spacial score (nSPS) is 11.4. The molecule has 0 saturated carbocycles. The van der Waals surface area contributed by atoms with E-state index in [1.807, 2.05) is 50.2 Å². The summed E-state index contributed by atoms with van der Waals surface area (Å²) in [6.45, 7) is 1.89. The van der Waals surface area contributed by atoms with Gasteiger partial charge in [-0.25, -0.2) is 0 Å². The molecule has 0 saturated heterocycles. The quantitative estimate of drug-likeness (QED) is 0.801. The van der Waals surface area contributed by atoms with Gasteiger partial charge in [-0.3, -0.25) is 4.79 Å². The molecule has 17 heavy (non-hydrogen) atoms. The Morgan fingerprint density at radius 1 is 1.41 bits per heavy atom. The number of benzene rings is 1. The van der Waals surface area contributed by atoms with Crippen LogP contribution in [0.15, 0.2) is 24.3 Å². The van der Waals surface area contributed by atoms with Gasteiger partial charge in [-0.15, -0.1) is 12.3 Å². The molecule has 0 spiro atoms. The van der Waals surface area contributed by atoms with Crippen LogP contribution in [0.3, 0.4) is 0 Å². The molecule has 1 unspecified atom stereocenters. The number of terminal acetylenes is 1. The second kappa shape index (κ2) is 5.95. The zero-order valence-electron chi connectivity index (χ0n) is 10.5. The number of carbonyl (C=O) groups excluding carboxylic acids is 1. The molecule has 0 aliphatic heterocycles. The maximum atomic E-state index is 11.8. The minimum atomic E-state index is -0.0851. The van der Waals surface area contributed by atoms with Gasteiger partial charge in [0.15, 0.2) is 0 Å². The third-order valence-electron chi connectivity index (χ3n) is 2.45. The van der Waals surface area contributed by atoms with Crippen LogP contribution < -0.4 is 10.2 Å². The second-order valence-electron chi connectivity index (χ2n) is 4.22. The summed E-state index contributed by atoms with van der Waals surface area (Å²) >= 11 is 0. The Morgan fingerprint density at radius 3 is 2.47 bits per heavy atom. The number of nitrogens with zero attached hydrogens (tertiary/aromatic N) is 1. The minimum absolute atomic E-state index is 0.000949. The average Bonchev–Trinajstić information content (AvgIpc) is 2.29. The standard InChI is InChI=1S/C14H18N2O/c1-5-6-11(2)15-14(17)12-7-9-13(10-8-12)16(3)4/h1,7-11H,6H2,2-4H3,(H,15,17). The van der Waals surface area contributed by atoms with Gasteiger partial charge in [0.2, 0.25) is 0 Å². The fourth-order valence-corrected chi connectivity index (χ4v) is 1.45. The topological polar surface area (TPSA) is 32.3 Å². The Hall–Kier alpha value is -1.95. The first-order valence-electron chi connectivity index (χ1n) is 5.56. The molecule has 1 aromatic carbocycles. The third kappa shape index (κ3) is 3.84. The van der Waals surface area contributed by atoms with E-state index in [2.05, 4.69) is 11.2 Å². The average molecular weight is 230 g/mol. The predicted molar refractivity (Wildman–Crippen MR) is 71.1 cm³/mol. The van der Waals surface area contributed by atoms with Crippen molar-refractivity contribution in [3.63, 3.8) is 0 Å². The Morgan fingerprint density at radius 2 is 2.00 bits per heavy atom. The van der Waals surface area contributed by atoms with Crippen LogP contribution in [0.5, 0.6) is 0 Å². The maximum absolute atomic E-state index is 11.8. The zero-order valence-corrected chi connectivity index (χ0v) is 10.5. The van der Waals surface area contributed by atoms with E-state index in [1.165, 1.54) is 0 Å². The molecule has 3 heteroatoms. The smallest absolute Gasteiger partial charge is 0.251 e. The van der Waals surface area contributed by atoms with Gasteiger partial charge in [-0.05, 0) is 31.2 Å². The Labute approximate surface area is 103 Å². The minimum Gasteiger partial charge on any atom is -0.378 e. The lowest BCUT2D eigenvalue weighted by Crippen LogP contribution is -2.32. The van der Waals surface area contributed by atoms with Crippen LogP contribution in [0, 0.1) is 12.3 Å². The first kappa shape index (κ1) is 13.1. The predicted octanol–water partition coefficient (Wildman–Crippen LogP) is 1.89. The van der Waals surface area contributed by atoms with Gasteiger partial charge >= 0.3 is 0 Å². The highest BCUT2D eigenvalue weighted by atomic mass is 16.1. The van der Waals surface area contributed by atoms with Crippen molar-refractivity contribution in [3.05, 3.63) is 29.8 Å². The van der Waals surface area contributed by atoms with Crippen LogP contribution in [0.4, 0.5) is 5.69 Å². The van der Waals surface area contributed by atoms with Gasteiger partial charge < -0.3 is 10.2 Å². The molecule has 0 bridgehead atoms. The van der Waals surface area contributed by atoms with Gasteiger partial charge in [-0.1, -0.05) is 0 Å². The van der Waals surface area contributed by atoms with Gasteiger partial charge in [0.05, 0.1) is 0 Å². The van der Waals surface area contributed by atoms with Gasteiger partial charge in [0.25, 0.3) is 5.91 Å². The lowest BCUT2D eigenvalue weighted by Gasteiger charge is -2.14. The van der Waals surface area contributed by atoms with E-state index >= 15 is 0 Å². The van der Waals surface area contributed by atoms with Crippen molar-refractivity contribution in [3.8, 4) is 12.3 Å². The molecular formula is C14H18N2O. The van der Waals surface area contributed by atoms with E-state index in [0.717, 1.165) is 5.69 Å². The summed E-state index contributed by atoms with van der Waals surface area (Å²) in [7, 11) is 3.92. The molecule has 0 heterocycles. The van der Waals surface area contributed by atoms with Gasteiger partial charge in [-0.2, -0.15) is 0 Å². The first-order chi connectivity index (χ1) is 8.04. The number of carbonyl (C=O) groups is 1. The van der Waals surface area contributed by atoms with E-state index in [1.54, 1.807) is 0 Å². The van der Waals surface area contributed by atoms with Crippen molar-refractivity contribution in [1.82, 2.24) is 5.32 Å². The molecule has 1 atom stereocenters. The largest absolute Gasteiger partial charge is 0.378 e.